The number of nitrogens with one attached hydrogen (secondary N) is 2. The molecule has 0 aliphatic carbocycles. The average Bonchev–Trinajstić information content (AvgIpc) is 2.77. The lowest BCUT2D eigenvalue weighted by molar-refractivity contribution is -0.0172. The van der Waals surface area contributed by atoms with Crippen molar-refractivity contribution >= 4 is 29.9 Å². The van der Waals surface area contributed by atoms with Gasteiger partial charge in [-0.25, -0.2) is 4.39 Å². The number of guanidine groups is 1. The second-order valence-electron chi connectivity index (χ2n) is 6.78. The second kappa shape index (κ2) is 12.6. The predicted molar refractivity (Wildman–Crippen MR) is 128 cm³/mol. The molecule has 0 amide bonds. The lowest BCUT2D eigenvalue weighted by atomic mass is 10.1. The van der Waals surface area contributed by atoms with Crippen molar-refractivity contribution in [3.05, 3.63) is 52.8 Å². The monoisotopic (exact) mass is 545 g/mol. The number of nitrogens with zero attached hydrogens (tertiary/aromatic N) is 1. The Morgan fingerprint density at radius 3 is 2.52 bits per heavy atom. The lowest BCUT2D eigenvalue weighted by Gasteiger charge is -2.21. The number of methoxy groups -OCH3 is 2. The van der Waals surface area contributed by atoms with Gasteiger partial charge in [0.25, 0.3) is 0 Å². The molecule has 2 aromatic carbocycles. The van der Waals surface area contributed by atoms with Gasteiger partial charge in [0.05, 0.1) is 20.8 Å². The molecule has 0 saturated heterocycles. The van der Waals surface area contributed by atoms with E-state index in [0.29, 0.717) is 43.6 Å². The zero-order valence-corrected chi connectivity index (χ0v) is 20.3. The van der Waals surface area contributed by atoms with Gasteiger partial charge in [0.1, 0.15) is 11.6 Å². The number of aliphatic imine (C=N–C) groups is 1. The van der Waals surface area contributed by atoms with Gasteiger partial charge in [-0.3, -0.25) is 4.99 Å². The van der Waals surface area contributed by atoms with Crippen LogP contribution in [0.1, 0.15) is 16.7 Å². The van der Waals surface area contributed by atoms with Gasteiger partial charge in [-0.2, -0.15) is 0 Å². The van der Waals surface area contributed by atoms with Gasteiger partial charge in [0.2, 0.25) is 0 Å². The fourth-order valence-electron chi connectivity index (χ4n) is 3.34. The van der Waals surface area contributed by atoms with Crippen molar-refractivity contribution < 1.29 is 23.3 Å². The summed E-state index contributed by atoms with van der Waals surface area (Å²) in [6.45, 7) is 1.85. The fraction of sp³-hybridized carbons (Fsp3) is 0.409. The Hall–Kier alpha value is -2.27. The molecule has 31 heavy (non-hydrogen) atoms. The molecule has 2 N–H and O–H groups in total. The Kier molecular flexibility index (Phi) is 10.1. The van der Waals surface area contributed by atoms with Crippen molar-refractivity contribution in [2.75, 3.05) is 41.1 Å². The van der Waals surface area contributed by atoms with E-state index in [-0.39, 0.29) is 36.6 Å². The van der Waals surface area contributed by atoms with Crippen molar-refractivity contribution in [2.45, 2.75) is 19.4 Å². The van der Waals surface area contributed by atoms with Crippen LogP contribution < -0.4 is 24.8 Å². The molecule has 3 rings (SSSR count). The van der Waals surface area contributed by atoms with E-state index >= 15 is 0 Å². The Labute approximate surface area is 199 Å². The van der Waals surface area contributed by atoms with E-state index < -0.39 is 0 Å². The van der Waals surface area contributed by atoms with Crippen molar-refractivity contribution in [2.24, 2.45) is 4.99 Å². The van der Waals surface area contributed by atoms with Gasteiger partial charge in [-0.15, -0.1) is 24.0 Å². The Morgan fingerprint density at radius 2 is 1.81 bits per heavy atom. The highest BCUT2D eigenvalue weighted by molar-refractivity contribution is 14.0. The van der Waals surface area contributed by atoms with Gasteiger partial charge < -0.3 is 29.6 Å². The van der Waals surface area contributed by atoms with Gasteiger partial charge >= 0.3 is 0 Å². The number of hydrogen-bond acceptors (Lipinski definition) is 5. The number of benzene rings is 2. The minimum absolute atomic E-state index is 0. The first-order chi connectivity index (χ1) is 14.6. The maximum Gasteiger partial charge on any atom is 0.190 e. The topological polar surface area (TPSA) is 73.3 Å². The molecule has 1 aliphatic rings. The number of rotatable bonds is 8. The molecule has 170 valence electrons. The predicted octanol–water partition coefficient (Wildman–Crippen LogP) is 3.28. The van der Waals surface area contributed by atoms with Crippen molar-refractivity contribution in [3.8, 4) is 17.2 Å². The zero-order chi connectivity index (χ0) is 21.3. The molecule has 0 saturated carbocycles. The summed E-state index contributed by atoms with van der Waals surface area (Å²) < 4.78 is 35.2. The number of halogens is 2. The van der Waals surface area contributed by atoms with Crippen LogP contribution in [0.4, 0.5) is 4.39 Å². The number of hydrogen-bond donors (Lipinski definition) is 2. The Balaban J connectivity index is 0.00000341. The summed E-state index contributed by atoms with van der Waals surface area (Å²) in [5.41, 5.74) is 2.69. The first kappa shape index (κ1) is 25.0. The quantitative estimate of drug-likeness (QED) is 0.302. The van der Waals surface area contributed by atoms with Crippen LogP contribution in [-0.4, -0.2) is 47.1 Å². The molecule has 7 nitrogen and oxygen atoms in total. The minimum Gasteiger partial charge on any atom is -0.493 e. The van der Waals surface area contributed by atoms with Crippen LogP contribution in [0, 0.1) is 5.82 Å². The normalized spacial score (nSPS) is 12.8. The summed E-state index contributed by atoms with van der Waals surface area (Å²) in [4.78, 5) is 4.24. The van der Waals surface area contributed by atoms with Crippen LogP contribution in [0.5, 0.6) is 17.2 Å². The molecule has 2 aromatic rings. The highest BCUT2D eigenvalue weighted by Gasteiger charge is 2.16. The highest BCUT2D eigenvalue weighted by atomic mass is 127. The molecule has 0 atom stereocenters. The SMILES string of the molecule is CN=C(NCCc1ccc(OC)c(OC)c1)NCCc1cc(F)cc2c1OCOC2.I. The van der Waals surface area contributed by atoms with E-state index in [1.165, 1.54) is 12.1 Å². The maximum atomic E-state index is 13.9. The molecule has 0 bridgehead atoms. The third-order valence-electron chi connectivity index (χ3n) is 4.82. The fourth-order valence-corrected chi connectivity index (χ4v) is 3.34. The molecule has 9 heteroatoms. The third-order valence-corrected chi connectivity index (χ3v) is 4.82. The summed E-state index contributed by atoms with van der Waals surface area (Å²) in [5.74, 6) is 2.55. The van der Waals surface area contributed by atoms with E-state index in [1.807, 2.05) is 18.2 Å². The molecule has 1 aliphatic heterocycles. The van der Waals surface area contributed by atoms with Crippen LogP contribution in [0.2, 0.25) is 0 Å². The van der Waals surface area contributed by atoms with Crippen LogP contribution in [0.15, 0.2) is 35.3 Å². The summed E-state index contributed by atoms with van der Waals surface area (Å²) in [5, 5.41) is 6.54. The zero-order valence-electron chi connectivity index (χ0n) is 18.0. The van der Waals surface area contributed by atoms with Crippen molar-refractivity contribution in [3.63, 3.8) is 0 Å². The Morgan fingerprint density at radius 1 is 1.06 bits per heavy atom. The number of fused-ring (bicyclic) bond motifs is 1. The summed E-state index contributed by atoms with van der Waals surface area (Å²) in [6.07, 6.45) is 1.41. The molecular formula is C22H29FIN3O4. The van der Waals surface area contributed by atoms with E-state index in [4.69, 9.17) is 18.9 Å². The third kappa shape index (κ3) is 6.86. The highest BCUT2D eigenvalue weighted by Crippen LogP contribution is 2.29. The summed E-state index contributed by atoms with van der Waals surface area (Å²) in [6, 6.07) is 8.84. The molecule has 0 radical (unpaired) electrons. The van der Waals surface area contributed by atoms with Crippen molar-refractivity contribution in [1.82, 2.24) is 10.6 Å². The van der Waals surface area contributed by atoms with Crippen LogP contribution in [-0.2, 0) is 24.2 Å². The van der Waals surface area contributed by atoms with Gasteiger partial charge in [0, 0.05) is 25.7 Å². The summed E-state index contributed by atoms with van der Waals surface area (Å²) >= 11 is 0. The smallest absolute Gasteiger partial charge is 0.190 e. The molecule has 1 heterocycles. The minimum atomic E-state index is -0.282. The number of ether oxygens (including phenoxy) is 4. The van der Waals surface area contributed by atoms with E-state index in [2.05, 4.69) is 15.6 Å². The van der Waals surface area contributed by atoms with E-state index in [1.54, 1.807) is 21.3 Å². The van der Waals surface area contributed by atoms with Gasteiger partial charge in [-0.1, -0.05) is 6.07 Å². The van der Waals surface area contributed by atoms with Crippen LogP contribution >= 0.6 is 24.0 Å². The van der Waals surface area contributed by atoms with E-state index in [0.717, 1.165) is 28.9 Å². The largest absolute Gasteiger partial charge is 0.493 e. The Bertz CT molecular complexity index is 895. The average molecular weight is 545 g/mol. The maximum absolute atomic E-state index is 13.9. The standard InChI is InChI=1S/C22H28FN3O4.HI/c1-24-22(25-8-6-15-4-5-19(27-2)20(10-15)28-3)26-9-7-16-11-18(23)12-17-13-29-14-30-21(16)17;/h4-5,10-12H,6-9,13-14H2,1-3H3,(H2,24,25,26);1H. The molecule has 0 fully saturated rings. The molecule has 0 spiro atoms. The molecule has 0 unspecified atom stereocenters. The first-order valence-electron chi connectivity index (χ1n) is 9.82. The molecule has 0 aromatic heterocycles. The first-order valence-corrected chi connectivity index (χ1v) is 9.82. The van der Waals surface area contributed by atoms with Crippen LogP contribution in [0.25, 0.3) is 0 Å². The van der Waals surface area contributed by atoms with E-state index in [9.17, 15) is 4.39 Å². The van der Waals surface area contributed by atoms with Gasteiger partial charge in [0.15, 0.2) is 24.3 Å². The van der Waals surface area contributed by atoms with Crippen molar-refractivity contribution in [1.29, 1.82) is 0 Å². The second-order valence-corrected chi connectivity index (χ2v) is 6.78. The molecular weight excluding hydrogens is 516 g/mol. The lowest BCUT2D eigenvalue weighted by Crippen LogP contribution is -2.39. The van der Waals surface area contributed by atoms with Gasteiger partial charge in [-0.05, 0) is 48.2 Å². The van der Waals surface area contributed by atoms with Crippen LogP contribution in [0.3, 0.4) is 0 Å². The summed E-state index contributed by atoms with van der Waals surface area (Å²) in [7, 11) is 4.96.